The summed E-state index contributed by atoms with van der Waals surface area (Å²) < 4.78 is 0. The maximum atomic E-state index is 10.8. The molecule has 1 aromatic heterocycles. The fourth-order valence-corrected chi connectivity index (χ4v) is 2.16. The van der Waals surface area contributed by atoms with Gasteiger partial charge >= 0.3 is 4.87 Å². The summed E-state index contributed by atoms with van der Waals surface area (Å²) in [5.41, 5.74) is 0. The zero-order valence-corrected chi connectivity index (χ0v) is 8.43. The van der Waals surface area contributed by atoms with Gasteiger partial charge in [0, 0.05) is 6.04 Å². The van der Waals surface area contributed by atoms with E-state index in [1.807, 2.05) is 0 Å². The van der Waals surface area contributed by atoms with E-state index in [9.17, 15) is 4.79 Å². The molecule has 0 spiro atoms. The molecule has 0 aliphatic heterocycles. The number of nitrogens with one attached hydrogen (secondary N) is 1. The molecule has 0 atom stereocenters. The molecule has 0 bridgehead atoms. The van der Waals surface area contributed by atoms with Crippen molar-refractivity contribution in [2.24, 2.45) is 0 Å². The third-order valence-electron chi connectivity index (χ3n) is 2.57. The molecule has 0 saturated heterocycles. The van der Waals surface area contributed by atoms with Crippen LogP contribution in [0.5, 0.6) is 0 Å². The first kappa shape index (κ1) is 8.90. The molecule has 2 rings (SSSR count). The number of hydrogen-bond donors (Lipinski definition) is 1. The largest absolute Gasteiger partial charge is 0.322 e. The van der Waals surface area contributed by atoms with Gasteiger partial charge in [-0.05, 0) is 19.9 Å². The van der Waals surface area contributed by atoms with Gasteiger partial charge in [0.1, 0.15) is 5.01 Å². The fraction of sp³-hybridized carbons (Fsp3) is 0.750. The molecule has 1 saturated carbocycles. The lowest BCUT2D eigenvalue weighted by Crippen LogP contribution is -2.36. The predicted octanol–water partition coefficient (Wildman–Crippen LogP) is 0.816. The van der Waals surface area contributed by atoms with Crippen molar-refractivity contribution in [3.63, 3.8) is 0 Å². The van der Waals surface area contributed by atoms with E-state index in [-0.39, 0.29) is 4.87 Å². The van der Waals surface area contributed by atoms with Crippen molar-refractivity contribution in [1.29, 1.82) is 0 Å². The molecule has 1 aliphatic rings. The minimum absolute atomic E-state index is 0.0583. The maximum absolute atomic E-state index is 10.8. The monoisotopic (exact) mass is 199 g/mol. The zero-order valence-electron chi connectivity index (χ0n) is 7.62. The van der Waals surface area contributed by atoms with Crippen LogP contribution < -0.4 is 4.87 Å². The van der Waals surface area contributed by atoms with E-state index in [1.165, 1.54) is 30.6 Å². The summed E-state index contributed by atoms with van der Waals surface area (Å²) in [6.45, 7) is 0.800. The second kappa shape index (κ2) is 3.59. The number of aromatic amines is 1. The number of aromatic nitrogens is 2. The third-order valence-corrected chi connectivity index (χ3v) is 3.30. The van der Waals surface area contributed by atoms with Crippen LogP contribution in [0.2, 0.25) is 0 Å². The molecule has 72 valence electrons. The highest BCUT2D eigenvalue weighted by Gasteiger charge is 2.22. The Morgan fingerprint density at radius 2 is 2.46 bits per heavy atom. The number of H-pyrrole nitrogens is 1. The van der Waals surface area contributed by atoms with E-state index in [1.54, 1.807) is 0 Å². The van der Waals surface area contributed by atoms with Crippen LogP contribution in [-0.4, -0.2) is 28.2 Å². The number of rotatable bonds is 3. The standard InChI is InChI=1S/C8H13N3OS/c1-11(6-3-2-4-6)5-7-9-10-8(12)13-7/h6H,2-5H2,1H3,(H,10,12). The first-order valence-corrected chi connectivity index (χ1v) is 5.32. The number of hydrogen-bond acceptors (Lipinski definition) is 4. The Labute approximate surface area is 80.6 Å². The summed E-state index contributed by atoms with van der Waals surface area (Å²) in [6, 6.07) is 0.707. The average Bonchev–Trinajstić information content (AvgIpc) is 2.31. The van der Waals surface area contributed by atoms with Gasteiger partial charge in [-0.3, -0.25) is 9.69 Å². The van der Waals surface area contributed by atoms with E-state index >= 15 is 0 Å². The van der Waals surface area contributed by atoms with Crippen LogP contribution in [0.3, 0.4) is 0 Å². The summed E-state index contributed by atoms with van der Waals surface area (Å²) in [4.78, 5) is 13.0. The molecule has 5 heteroatoms. The smallest absolute Gasteiger partial charge is 0.297 e. The first-order chi connectivity index (χ1) is 6.25. The van der Waals surface area contributed by atoms with E-state index in [4.69, 9.17) is 0 Å². The van der Waals surface area contributed by atoms with Gasteiger partial charge in [-0.1, -0.05) is 17.8 Å². The van der Waals surface area contributed by atoms with Gasteiger partial charge in [0.2, 0.25) is 0 Å². The van der Waals surface area contributed by atoms with Crippen LogP contribution in [0.4, 0.5) is 0 Å². The molecule has 0 unspecified atom stereocenters. The molecule has 4 nitrogen and oxygen atoms in total. The van der Waals surface area contributed by atoms with Crippen molar-refractivity contribution >= 4 is 11.3 Å². The van der Waals surface area contributed by atoms with Crippen LogP contribution >= 0.6 is 11.3 Å². The van der Waals surface area contributed by atoms with Crippen LogP contribution in [0.15, 0.2) is 4.79 Å². The van der Waals surface area contributed by atoms with Crippen LogP contribution in [0.1, 0.15) is 24.3 Å². The Morgan fingerprint density at radius 3 is 2.92 bits per heavy atom. The molecule has 1 aromatic rings. The van der Waals surface area contributed by atoms with Gasteiger partial charge in [-0.15, -0.1) is 0 Å². The molecule has 1 aliphatic carbocycles. The van der Waals surface area contributed by atoms with Gasteiger partial charge in [0.15, 0.2) is 0 Å². The second-order valence-electron chi connectivity index (χ2n) is 3.51. The topological polar surface area (TPSA) is 49.0 Å². The first-order valence-electron chi connectivity index (χ1n) is 4.50. The summed E-state index contributed by atoms with van der Waals surface area (Å²) in [7, 11) is 2.09. The molecule has 0 radical (unpaired) electrons. The summed E-state index contributed by atoms with van der Waals surface area (Å²) in [5.74, 6) is 0. The summed E-state index contributed by atoms with van der Waals surface area (Å²) >= 11 is 1.20. The summed E-state index contributed by atoms with van der Waals surface area (Å²) in [5, 5.41) is 7.26. The molecule has 1 heterocycles. The van der Waals surface area contributed by atoms with Crippen LogP contribution in [-0.2, 0) is 6.54 Å². The molecule has 1 fully saturated rings. The van der Waals surface area contributed by atoms with Crippen molar-refractivity contribution < 1.29 is 0 Å². The second-order valence-corrected chi connectivity index (χ2v) is 4.55. The Balaban J connectivity index is 1.93. The van der Waals surface area contributed by atoms with E-state index in [0.717, 1.165) is 11.6 Å². The van der Waals surface area contributed by atoms with Gasteiger partial charge in [0.25, 0.3) is 0 Å². The Morgan fingerprint density at radius 1 is 1.69 bits per heavy atom. The van der Waals surface area contributed by atoms with Crippen molar-refractivity contribution in [2.45, 2.75) is 31.8 Å². The van der Waals surface area contributed by atoms with Crippen LogP contribution in [0, 0.1) is 0 Å². The summed E-state index contributed by atoms with van der Waals surface area (Å²) in [6.07, 6.45) is 3.91. The Kier molecular flexibility index (Phi) is 2.46. The highest BCUT2D eigenvalue weighted by Crippen LogP contribution is 2.24. The minimum Gasteiger partial charge on any atom is -0.297 e. The van der Waals surface area contributed by atoms with E-state index in [0.29, 0.717) is 6.04 Å². The highest BCUT2D eigenvalue weighted by atomic mass is 32.1. The van der Waals surface area contributed by atoms with Crippen LogP contribution in [0.25, 0.3) is 0 Å². The Bertz CT molecular complexity index is 328. The van der Waals surface area contributed by atoms with Gasteiger partial charge < -0.3 is 0 Å². The highest BCUT2D eigenvalue weighted by molar-refractivity contribution is 7.08. The van der Waals surface area contributed by atoms with E-state index < -0.39 is 0 Å². The molecule has 0 aromatic carbocycles. The lowest BCUT2D eigenvalue weighted by Gasteiger charge is -2.33. The van der Waals surface area contributed by atoms with Gasteiger partial charge in [-0.25, -0.2) is 5.10 Å². The molecular formula is C8H13N3OS. The van der Waals surface area contributed by atoms with Gasteiger partial charge in [0.05, 0.1) is 6.54 Å². The quantitative estimate of drug-likeness (QED) is 0.784. The van der Waals surface area contributed by atoms with Crippen molar-refractivity contribution in [3.8, 4) is 0 Å². The SMILES string of the molecule is CN(Cc1n[nH]c(=O)s1)C1CCC1. The molecule has 13 heavy (non-hydrogen) atoms. The number of nitrogens with zero attached hydrogens (tertiary/aromatic N) is 2. The van der Waals surface area contributed by atoms with Crippen molar-refractivity contribution in [3.05, 3.63) is 14.7 Å². The lowest BCUT2D eigenvalue weighted by atomic mass is 9.92. The molecule has 1 N–H and O–H groups in total. The maximum Gasteiger partial charge on any atom is 0.322 e. The van der Waals surface area contributed by atoms with Crippen molar-refractivity contribution in [2.75, 3.05) is 7.05 Å². The third kappa shape index (κ3) is 1.97. The molecule has 0 amide bonds. The minimum atomic E-state index is -0.0583. The van der Waals surface area contributed by atoms with Crippen molar-refractivity contribution in [1.82, 2.24) is 15.1 Å². The molecular weight excluding hydrogens is 186 g/mol. The Hall–Kier alpha value is -0.680. The average molecular weight is 199 g/mol. The zero-order chi connectivity index (χ0) is 9.26. The van der Waals surface area contributed by atoms with E-state index in [2.05, 4.69) is 22.1 Å². The van der Waals surface area contributed by atoms with Gasteiger partial charge in [-0.2, -0.15) is 5.10 Å². The fourth-order valence-electron chi connectivity index (χ4n) is 1.50. The lowest BCUT2D eigenvalue weighted by molar-refractivity contribution is 0.152. The predicted molar refractivity (Wildman–Crippen MR) is 51.8 cm³/mol. The normalized spacial score (nSPS) is 17.7.